The molecule has 96 valence electrons. The Morgan fingerprint density at radius 1 is 1.22 bits per heavy atom. The van der Waals surface area contributed by atoms with Gasteiger partial charge in [0.05, 0.1) is 23.6 Å². The number of aromatic nitrogens is 1. The number of amidine groups is 1. The van der Waals surface area contributed by atoms with Gasteiger partial charge in [-0.2, -0.15) is 0 Å². The fraction of sp³-hybridized carbons (Fsp3) is 0.538. The van der Waals surface area contributed by atoms with E-state index >= 15 is 0 Å². The van der Waals surface area contributed by atoms with Crippen molar-refractivity contribution in [3.8, 4) is 0 Å². The first-order chi connectivity index (χ1) is 8.76. The molecule has 1 aliphatic heterocycles. The van der Waals surface area contributed by atoms with Gasteiger partial charge >= 0.3 is 0 Å². The maximum atomic E-state index is 13.0. The number of pyridine rings is 1. The van der Waals surface area contributed by atoms with E-state index in [0.29, 0.717) is 5.69 Å². The van der Waals surface area contributed by atoms with E-state index in [1.165, 1.54) is 44.4 Å². The molecule has 2 aliphatic rings. The standard InChI is InChI=1S/C13H16FN3S/c14-10-6-11(8-15-7-10)16-12-17-13(9-18-12)4-2-1-3-5-13/h6-8H,1-5,9H2,(H,16,17). The third-order valence-electron chi connectivity index (χ3n) is 3.56. The maximum Gasteiger partial charge on any atom is 0.161 e. The summed E-state index contributed by atoms with van der Waals surface area (Å²) in [6, 6.07) is 1.45. The molecular weight excluding hydrogens is 249 g/mol. The van der Waals surface area contributed by atoms with Gasteiger partial charge in [0.15, 0.2) is 5.17 Å². The molecule has 3 nitrogen and oxygen atoms in total. The molecule has 18 heavy (non-hydrogen) atoms. The maximum absolute atomic E-state index is 13.0. The Labute approximate surface area is 110 Å². The van der Waals surface area contributed by atoms with Crippen LogP contribution >= 0.6 is 11.8 Å². The van der Waals surface area contributed by atoms with Crippen molar-refractivity contribution in [3.63, 3.8) is 0 Å². The Morgan fingerprint density at radius 3 is 2.83 bits per heavy atom. The van der Waals surface area contributed by atoms with Gasteiger partial charge in [0.1, 0.15) is 5.82 Å². The van der Waals surface area contributed by atoms with E-state index in [2.05, 4.69) is 10.3 Å². The minimum atomic E-state index is -0.323. The number of hydrogen-bond acceptors (Lipinski definition) is 4. The van der Waals surface area contributed by atoms with E-state index in [-0.39, 0.29) is 11.4 Å². The van der Waals surface area contributed by atoms with Crippen molar-refractivity contribution in [2.24, 2.45) is 4.99 Å². The number of halogens is 1. The molecule has 0 aromatic carbocycles. The normalized spacial score (nSPS) is 21.9. The highest BCUT2D eigenvalue weighted by Crippen LogP contribution is 2.39. The van der Waals surface area contributed by atoms with Crippen LogP contribution in [0.15, 0.2) is 23.5 Å². The highest BCUT2D eigenvalue weighted by Gasteiger charge is 2.36. The molecule has 0 atom stereocenters. The number of thioether (sulfide) groups is 1. The molecule has 0 radical (unpaired) electrons. The summed E-state index contributed by atoms with van der Waals surface area (Å²) in [5.41, 5.74) is 0.820. The van der Waals surface area contributed by atoms with E-state index in [9.17, 15) is 4.39 Å². The molecule has 1 aliphatic carbocycles. The van der Waals surface area contributed by atoms with Crippen LogP contribution in [0, 0.1) is 5.82 Å². The van der Waals surface area contributed by atoms with Crippen molar-refractivity contribution >= 4 is 22.6 Å². The van der Waals surface area contributed by atoms with Gasteiger partial charge in [0.2, 0.25) is 0 Å². The molecule has 1 aromatic heterocycles. The lowest BCUT2D eigenvalue weighted by Gasteiger charge is -2.29. The van der Waals surface area contributed by atoms with Crippen LogP contribution in [-0.4, -0.2) is 21.4 Å². The van der Waals surface area contributed by atoms with Crippen LogP contribution < -0.4 is 5.32 Å². The largest absolute Gasteiger partial charge is 0.334 e. The van der Waals surface area contributed by atoms with Gasteiger partial charge in [-0.05, 0) is 12.8 Å². The molecule has 1 spiro atoms. The van der Waals surface area contributed by atoms with Crippen molar-refractivity contribution in [2.75, 3.05) is 11.1 Å². The van der Waals surface area contributed by atoms with Crippen molar-refractivity contribution in [2.45, 2.75) is 37.6 Å². The summed E-state index contributed by atoms with van der Waals surface area (Å²) in [5, 5.41) is 4.07. The number of anilines is 1. The first-order valence-corrected chi connectivity index (χ1v) is 7.35. The third kappa shape index (κ3) is 2.51. The van der Waals surface area contributed by atoms with Gasteiger partial charge in [-0.25, -0.2) is 4.39 Å². The lowest BCUT2D eigenvalue weighted by atomic mass is 9.84. The Kier molecular flexibility index (Phi) is 3.24. The van der Waals surface area contributed by atoms with Crippen molar-refractivity contribution in [1.82, 2.24) is 4.98 Å². The zero-order valence-electron chi connectivity index (χ0n) is 10.2. The number of rotatable bonds is 1. The Morgan fingerprint density at radius 2 is 2.06 bits per heavy atom. The summed E-state index contributed by atoms with van der Waals surface area (Å²) >= 11 is 1.74. The molecule has 0 bridgehead atoms. The predicted octanol–water partition coefficient (Wildman–Crippen LogP) is 3.44. The topological polar surface area (TPSA) is 37.3 Å². The average molecular weight is 265 g/mol. The molecular formula is C13H16FN3S. The Hall–Kier alpha value is -1.10. The van der Waals surface area contributed by atoms with Crippen LogP contribution in [0.5, 0.6) is 0 Å². The minimum Gasteiger partial charge on any atom is -0.334 e. The number of aliphatic imine (C=N–C) groups is 1. The molecule has 1 N–H and O–H groups in total. The van der Waals surface area contributed by atoms with Gasteiger partial charge < -0.3 is 5.32 Å². The van der Waals surface area contributed by atoms with Crippen molar-refractivity contribution < 1.29 is 4.39 Å². The fourth-order valence-corrected chi connectivity index (χ4v) is 3.82. The minimum absolute atomic E-state index is 0.145. The van der Waals surface area contributed by atoms with Crippen LogP contribution in [0.4, 0.5) is 10.1 Å². The number of nitrogens with zero attached hydrogens (tertiary/aromatic N) is 2. The molecule has 0 saturated heterocycles. The summed E-state index contributed by atoms with van der Waals surface area (Å²) < 4.78 is 13.0. The fourth-order valence-electron chi connectivity index (χ4n) is 2.62. The second-order valence-corrected chi connectivity index (χ2v) is 5.97. The van der Waals surface area contributed by atoms with Crippen LogP contribution in [0.1, 0.15) is 32.1 Å². The van der Waals surface area contributed by atoms with Crippen LogP contribution in [0.2, 0.25) is 0 Å². The lowest BCUT2D eigenvalue weighted by Crippen LogP contribution is -2.29. The zero-order valence-corrected chi connectivity index (χ0v) is 11.0. The molecule has 3 rings (SSSR count). The summed E-state index contributed by atoms with van der Waals surface area (Å²) in [5.74, 6) is 0.730. The molecule has 1 fully saturated rings. The van der Waals surface area contributed by atoms with Gasteiger partial charge in [0.25, 0.3) is 0 Å². The Balaban J connectivity index is 1.72. The van der Waals surface area contributed by atoms with E-state index in [1.807, 2.05) is 0 Å². The Bertz CT molecular complexity index is 469. The summed E-state index contributed by atoms with van der Waals surface area (Å²) in [4.78, 5) is 8.65. The summed E-state index contributed by atoms with van der Waals surface area (Å²) in [6.07, 6.45) is 9.09. The second-order valence-electron chi connectivity index (χ2n) is 5.01. The highest BCUT2D eigenvalue weighted by molar-refractivity contribution is 8.14. The van der Waals surface area contributed by atoms with E-state index in [1.54, 1.807) is 18.0 Å². The SMILES string of the molecule is Fc1cncc(NC2=NC3(CCCCC3)CS2)c1. The molecule has 0 amide bonds. The smallest absolute Gasteiger partial charge is 0.161 e. The zero-order chi connectivity index (χ0) is 12.4. The van der Waals surface area contributed by atoms with Crippen LogP contribution in [-0.2, 0) is 0 Å². The van der Waals surface area contributed by atoms with Gasteiger partial charge in [-0.1, -0.05) is 31.0 Å². The molecule has 5 heteroatoms. The first-order valence-electron chi connectivity index (χ1n) is 6.36. The number of nitrogens with one attached hydrogen (secondary N) is 1. The average Bonchev–Trinajstić information content (AvgIpc) is 2.73. The van der Waals surface area contributed by atoms with Crippen LogP contribution in [0.3, 0.4) is 0 Å². The monoisotopic (exact) mass is 265 g/mol. The summed E-state index contributed by atoms with van der Waals surface area (Å²) in [6.45, 7) is 0. The van der Waals surface area contributed by atoms with Crippen molar-refractivity contribution in [3.05, 3.63) is 24.3 Å². The first kappa shape index (κ1) is 12.0. The predicted molar refractivity (Wildman–Crippen MR) is 73.5 cm³/mol. The summed E-state index contributed by atoms with van der Waals surface area (Å²) in [7, 11) is 0. The quantitative estimate of drug-likeness (QED) is 0.845. The van der Waals surface area contributed by atoms with Gasteiger partial charge in [0, 0.05) is 11.8 Å². The van der Waals surface area contributed by atoms with E-state index < -0.39 is 0 Å². The molecule has 0 unspecified atom stereocenters. The van der Waals surface area contributed by atoms with E-state index in [0.717, 1.165) is 10.9 Å². The lowest BCUT2D eigenvalue weighted by molar-refractivity contribution is 0.335. The third-order valence-corrected chi connectivity index (χ3v) is 4.71. The van der Waals surface area contributed by atoms with Gasteiger partial charge in [-0.15, -0.1) is 0 Å². The molecule has 1 aromatic rings. The van der Waals surface area contributed by atoms with Gasteiger partial charge in [-0.3, -0.25) is 9.98 Å². The highest BCUT2D eigenvalue weighted by atomic mass is 32.2. The molecule has 2 heterocycles. The molecule has 1 saturated carbocycles. The number of hydrogen-bond donors (Lipinski definition) is 1. The van der Waals surface area contributed by atoms with Crippen molar-refractivity contribution in [1.29, 1.82) is 0 Å². The second kappa shape index (κ2) is 4.88. The van der Waals surface area contributed by atoms with E-state index in [4.69, 9.17) is 4.99 Å². The van der Waals surface area contributed by atoms with Crippen LogP contribution in [0.25, 0.3) is 0 Å².